The number of aryl methyl sites for hydroxylation is 1. The Morgan fingerprint density at radius 2 is 1.94 bits per heavy atom. The minimum absolute atomic E-state index is 0.0745. The fraction of sp³-hybridized carbons (Fsp3) is 0.200. The molecule has 0 aromatic heterocycles. The SMILES string of the molecule is Cc1cccc(NC(CN)c2cccc(Cl)c2)c1. The van der Waals surface area contributed by atoms with E-state index in [1.54, 1.807) is 0 Å². The second kappa shape index (κ2) is 5.89. The Morgan fingerprint density at radius 1 is 1.17 bits per heavy atom. The molecule has 0 saturated carbocycles. The van der Waals surface area contributed by atoms with E-state index >= 15 is 0 Å². The van der Waals surface area contributed by atoms with Gasteiger partial charge in [-0.2, -0.15) is 0 Å². The molecule has 0 spiro atoms. The predicted octanol–water partition coefficient (Wildman–Crippen LogP) is 3.76. The molecule has 0 fully saturated rings. The molecule has 94 valence electrons. The first kappa shape index (κ1) is 12.9. The molecule has 0 aliphatic rings. The lowest BCUT2D eigenvalue weighted by atomic mass is 10.1. The normalized spacial score (nSPS) is 12.2. The summed E-state index contributed by atoms with van der Waals surface area (Å²) in [5.41, 5.74) is 9.24. The Labute approximate surface area is 113 Å². The summed E-state index contributed by atoms with van der Waals surface area (Å²) in [6, 6.07) is 16.1. The highest BCUT2D eigenvalue weighted by molar-refractivity contribution is 6.30. The molecule has 0 aliphatic heterocycles. The molecule has 0 radical (unpaired) electrons. The van der Waals surface area contributed by atoms with Gasteiger partial charge in [0.25, 0.3) is 0 Å². The van der Waals surface area contributed by atoms with E-state index in [-0.39, 0.29) is 6.04 Å². The van der Waals surface area contributed by atoms with E-state index in [0.717, 1.165) is 16.3 Å². The van der Waals surface area contributed by atoms with Crippen molar-refractivity contribution in [1.29, 1.82) is 0 Å². The quantitative estimate of drug-likeness (QED) is 0.878. The van der Waals surface area contributed by atoms with Crippen LogP contribution in [0.25, 0.3) is 0 Å². The van der Waals surface area contributed by atoms with Crippen molar-refractivity contribution in [3.8, 4) is 0 Å². The molecule has 0 aliphatic carbocycles. The van der Waals surface area contributed by atoms with Gasteiger partial charge in [0.2, 0.25) is 0 Å². The Bertz CT molecular complexity index is 525. The maximum Gasteiger partial charge on any atom is 0.0636 e. The van der Waals surface area contributed by atoms with Gasteiger partial charge in [0.15, 0.2) is 0 Å². The van der Waals surface area contributed by atoms with E-state index in [9.17, 15) is 0 Å². The smallest absolute Gasteiger partial charge is 0.0636 e. The van der Waals surface area contributed by atoms with Crippen LogP contribution in [0.3, 0.4) is 0 Å². The maximum absolute atomic E-state index is 6.01. The zero-order chi connectivity index (χ0) is 13.0. The fourth-order valence-corrected chi connectivity index (χ4v) is 2.14. The van der Waals surface area contributed by atoms with Crippen LogP contribution in [0, 0.1) is 6.92 Å². The highest BCUT2D eigenvalue weighted by atomic mass is 35.5. The molecule has 0 saturated heterocycles. The molecule has 2 nitrogen and oxygen atoms in total. The summed E-state index contributed by atoms with van der Waals surface area (Å²) in [4.78, 5) is 0. The molecule has 1 unspecified atom stereocenters. The van der Waals surface area contributed by atoms with E-state index in [1.807, 2.05) is 36.4 Å². The van der Waals surface area contributed by atoms with Gasteiger partial charge >= 0.3 is 0 Å². The van der Waals surface area contributed by atoms with Gasteiger partial charge in [-0.25, -0.2) is 0 Å². The zero-order valence-electron chi connectivity index (χ0n) is 10.4. The molecular weight excluding hydrogens is 244 g/mol. The van der Waals surface area contributed by atoms with Crippen molar-refractivity contribution in [2.24, 2.45) is 5.73 Å². The summed E-state index contributed by atoms with van der Waals surface area (Å²) in [5.74, 6) is 0. The second-order valence-corrected chi connectivity index (χ2v) is 4.79. The predicted molar refractivity (Wildman–Crippen MR) is 78.0 cm³/mol. The van der Waals surface area contributed by atoms with Crippen LogP contribution in [0.4, 0.5) is 5.69 Å². The highest BCUT2D eigenvalue weighted by Crippen LogP contribution is 2.22. The largest absolute Gasteiger partial charge is 0.377 e. The minimum Gasteiger partial charge on any atom is -0.377 e. The molecule has 0 bridgehead atoms. The summed E-state index contributed by atoms with van der Waals surface area (Å²) < 4.78 is 0. The van der Waals surface area contributed by atoms with Crippen molar-refractivity contribution in [3.05, 3.63) is 64.7 Å². The van der Waals surface area contributed by atoms with E-state index in [2.05, 4.69) is 24.4 Å². The highest BCUT2D eigenvalue weighted by Gasteiger charge is 2.09. The Kier molecular flexibility index (Phi) is 4.24. The fourth-order valence-electron chi connectivity index (χ4n) is 1.94. The number of hydrogen-bond acceptors (Lipinski definition) is 2. The maximum atomic E-state index is 6.01. The van der Waals surface area contributed by atoms with Crippen LogP contribution < -0.4 is 11.1 Å². The molecule has 0 amide bonds. The lowest BCUT2D eigenvalue weighted by Crippen LogP contribution is -2.20. The summed E-state index contributed by atoms with van der Waals surface area (Å²) in [6.45, 7) is 2.59. The van der Waals surface area contributed by atoms with Gasteiger partial charge < -0.3 is 11.1 Å². The number of hydrogen-bond donors (Lipinski definition) is 2. The zero-order valence-corrected chi connectivity index (χ0v) is 11.1. The van der Waals surface area contributed by atoms with E-state index in [4.69, 9.17) is 17.3 Å². The number of nitrogens with one attached hydrogen (secondary N) is 1. The average Bonchev–Trinajstić information content (AvgIpc) is 2.36. The van der Waals surface area contributed by atoms with E-state index in [0.29, 0.717) is 6.54 Å². The first-order valence-electron chi connectivity index (χ1n) is 5.98. The second-order valence-electron chi connectivity index (χ2n) is 4.36. The lowest BCUT2D eigenvalue weighted by Gasteiger charge is -2.19. The summed E-state index contributed by atoms with van der Waals surface area (Å²) in [6.07, 6.45) is 0. The Hall–Kier alpha value is -1.51. The van der Waals surface area contributed by atoms with Crippen LogP contribution in [0.15, 0.2) is 48.5 Å². The first-order valence-corrected chi connectivity index (χ1v) is 6.35. The van der Waals surface area contributed by atoms with Crippen molar-refractivity contribution >= 4 is 17.3 Å². The van der Waals surface area contributed by atoms with Crippen LogP contribution in [0.1, 0.15) is 17.2 Å². The summed E-state index contributed by atoms with van der Waals surface area (Å²) >= 11 is 6.01. The van der Waals surface area contributed by atoms with Crippen LogP contribution >= 0.6 is 11.6 Å². The molecule has 3 N–H and O–H groups in total. The van der Waals surface area contributed by atoms with Gasteiger partial charge in [0.1, 0.15) is 0 Å². The Balaban J connectivity index is 2.19. The van der Waals surface area contributed by atoms with E-state index < -0.39 is 0 Å². The van der Waals surface area contributed by atoms with Crippen molar-refractivity contribution in [2.75, 3.05) is 11.9 Å². The van der Waals surface area contributed by atoms with Gasteiger partial charge in [-0.3, -0.25) is 0 Å². The summed E-state index contributed by atoms with van der Waals surface area (Å²) in [7, 11) is 0. The molecule has 18 heavy (non-hydrogen) atoms. The number of halogens is 1. The molecule has 3 heteroatoms. The molecule has 0 heterocycles. The molecule has 2 aromatic rings. The van der Waals surface area contributed by atoms with Gasteiger partial charge in [0.05, 0.1) is 6.04 Å². The topological polar surface area (TPSA) is 38.0 Å². The number of anilines is 1. The number of nitrogens with two attached hydrogens (primary N) is 1. The minimum atomic E-state index is 0.0745. The average molecular weight is 261 g/mol. The number of benzene rings is 2. The summed E-state index contributed by atoms with van der Waals surface area (Å²) in [5, 5.41) is 4.16. The van der Waals surface area contributed by atoms with Crippen molar-refractivity contribution in [2.45, 2.75) is 13.0 Å². The molecular formula is C15H17ClN2. The molecule has 2 aromatic carbocycles. The third kappa shape index (κ3) is 3.25. The standard InChI is InChI=1S/C15H17ClN2/c1-11-4-2-7-14(8-11)18-15(10-17)12-5-3-6-13(16)9-12/h2-9,15,18H,10,17H2,1H3. The van der Waals surface area contributed by atoms with Crippen LogP contribution in [-0.4, -0.2) is 6.54 Å². The molecule has 1 atom stereocenters. The van der Waals surface area contributed by atoms with Gasteiger partial charge in [0, 0.05) is 17.3 Å². The van der Waals surface area contributed by atoms with Crippen molar-refractivity contribution in [3.63, 3.8) is 0 Å². The Morgan fingerprint density at radius 3 is 2.61 bits per heavy atom. The monoisotopic (exact) mass is 260 g/mol. The van der Waals surface area contributed by atoms with Crippen LogP contribution in [-0.2, 0) is 0 Å². The van der Waals surface area contributed by atoms with Crippen molar-refractivity contribution in [1.82, 2.24) is 0 Å². The van der Waals surface area contributed by atoms with Gasteiger partial charge in [-0.15, -0.1) is 0 Å². The van der Waals surface area contributed by atoms with Gasteiger partial charge in [-0.1, -0.05) is 35.9 Å². The van der Waals surface area contributed by atoms with Gasteiger partial charge in [-0.05, 0) is 42.3 Å². The van der Waals surface area contributed by atoms with Crippen LogP contribution in [0.2, 0.25) is 5.02 Å². The van der Waals surface area contributed by atoms with E-state index in [1.165, 1.54) is 5.56 Å². The van der Waals surface area contributed by atoms with Crippen LogP contribution in [0.5, 0.6) is 0 Å². The molecule has 2 rings (SSSR count). The first-order chi connectivity index (χ1) is 8.69. The third-order valence-electron chi connectivity index (χ3n) is 2.85. The third-order valence-corrected chi connectivity index (χ3v) is 3.08. The lowest BCUT2D eigenvalue weighted by molar-refractivity contribution is 0.790. The van der Waals surface area contributed by atoms with Crippen molar-refractivity contribution < 1.29 is 0 Å². The number of rotatable bonds is 4.